The topological polar surface area (TPSA) is 75.4 Å². The Bertz CT molecular complexity index is 496. The Morgan fingerprint density at radius 2 is 2.11 bits per heavy atom. The van der Waals surface area contributed by atoms with Gasteiger partial charge < -0.3 is 14.6 Å². The first-order chi connectivity index (χ1) is 8.88. The van der Waals surface area contributed by atoms with E-state index in [1.165, 1.54) is 6.20 Å². The van der Waals surface area contributed by atoms with Crippen molar-refractivity contribution in [1.82, 2.24) is 9.55 Å². The fourth-order valence-electron chi connectivity index (χ4n) is 1.82. The van der Waals surface area contributed by atoms with Gasteiger partial charge in [-0.15, -0.1) is 0 Å². The molecule has 0 spiro atoms. The van der Waals surface area contributed by atoms with E-state index in [0.29, 0.717) is 0 Å². The van der Waals surface area contributed by atoms with Gasteiger partial charge in [-0.3, -0.25) is 9.59 Å². The number of carbonyl (C=O) groups is 1. The van der Waals surface area contributed by atoms with Crippen LogP contribution in [0.1, 0.15) is 40.2 Å². The van der Waals surface area contributed by atoms with Gasteiger partial charge in [0, 0.05) is 24.5 Å². The summed E-state index contributed by atoms with van der Waals surface area (Å²) in [6.07, 6.45) is 3.89. The SMILES string of the molecule is CCC(C)N(CC(=O)O)c1nccn(C(C)C)c1=O. The van der Waals surface area contributed by atoms with E-state index in [1.807, 2.05) is 27.7 Å². The summed E-state index contributed by atoms with van der Waals surface area (Å²) < 4.78 is 1.56. The molecule has 1 atom stereocenters. The molecule has 1 unspecified atom stereocenters. The highest BCUT2D eigenvalue weighted by Crippen LogP contribution is 2.12. The van der Waals surface area contributed by atoms with Gasteiger partial charge in [-0.1, -0.05) is 6.92 Å². The van der Waals surface area contributed by atoms with Crippen molar-refractivity contribution in [3.63, 3.8) is 0 Å². The van der Waals surface area contributed by atoms with Gasteiger partial charge in [0.25, 0.3) is 5.56 Å². The van der Waals surface area contributed by atoms with Gasteiger partial charge in [0.05, 0.1) is 0 Å². The highest BCUT2D eigenvalue weighted by atomic mass is 16.4. The molecule has 6 nitrogen and oxygen atoms in total. The zero-order chi connectivity index (χ0) is 14.6. The van der Waals surface area contributed by atoms with E-state index in [2.05, 4.69) is 4.98 Å². The van der Waals surface area contributed by atoms with Crippen LogP contribution in [0.5, 0.6) is 0 Å². The number of aliphatic carboxylic acids is 1. The number of carboxylic acids is 1. The first-order valence-corrected chi connectivity index (χ1v) is 6.44. The lowest BCUT2D eigenvalue weighted by Crippen LogP contribution is -2.42. The summed E-state index contributed by atoms with van der Waals surface area (Å²) >= 11 is 0. The summed E-state index contributed by atoms with van der Waals surface area (Å²) in [5.41, 5.74) is -0.251. The van der Waals surface area contributed by atoms with Gasteiger partial charge in [-0.05, 0) is 27.2 Å². The van der Waals surface area contributed by atoms with Crippen LogP contribution < -0.4 is 10.5 Å². The second-order valence-electron chi connectivity index (χ2n) is 4.84. The molecule has 0 aliphatic rings. The molecule has 106 valence electrons. The van der Waals surface area contributed by atoms with Crippen molar-refractivity contribution in [2.24, 2.45) is 0 Å². The lowest BCUT2D eigenvalue weighted by molar-refractivity contribution is -0.135. The van der Waals surface area contributed by atoms with Crippen molar-refractivity contribution in [3.8, 4) is 0 Å². The predicted octanol–water partition coefficient (Wildman–Crippen LogP) is 1.51. The fourth-order valence-corrected chi connectivity index (χ4v) is 1.82. The molecule has 0 aliphatic carbocycles. The Balaban J connectivity index is 3.26. The number of hydrogen-bond acceptors (Lipinski definition) is 4. The Kier molecular flexibility index (Phi) is 5.09. The molecule has 1 heterocycles. The largest absolute Gasteiger partial charge is 0.480 e. The van der Waals surface area contributed by atoms with E-state index >= 15 is 0 Å². The first kappa shape index (κ1) is 15.2. The molecule has 6 heteroatoms. The number of nitrogens with zero attached hydrogens (tertiary/aromatic N) is 3. The fraction of sp³-hybridized carbons (Fsp3) is 0.615. The van der Waals surface area contributed by atoms with Crippen LogP contribution in [0.3, 0.4) is 0 Å². The Morgan fingerprint density at radius 3 is 2.58 bits per heavy atom. The van der Waals surface area contributed by atoms with E-state index in [0.717, 1.165) is 6.42 Å². The van der Waals surface area contributed by atoms with Gasteiger partial charge in [0.15, 0.2) is 5.82 Å². The third-order valence-electron chi connectivity index (χ3n) is 3.11. The molecule has 0 saturated carbocycles. The van der Waals surface area contributed by atoms with Crippen LogP contribution in [0, 0.1) is 0 Å². The number of hydrogen-bond donors (Lipinski definition) is 1. The maximum atomic E-state index is 12.3. The van der Waals surface area contributed by atoms with Crippen LogP contribution in [0.15, 0.2) is 17.2 Å². The standard InChI is InChI=1S/C13H21N3O3/c1-5-10(4)16(8-11(17)18)12-13(19)15(9(2)3)7-6-14-12/h6-7,9-10H,5,8H2,1-4H3,(H,17,18). The monoisotopic (exact) mass is 267 g/mol. The van der Waals surface area contributed by atoms with Crippen molar-refractivity contribution >= 4 is 11.8 Å². The smallest absolute Gasteiger partial charge is 0.323 e. The summed E-state index contributed by atoms with van der Waals surface area (Å²) in [6, 6.07) is -0.0443. The average Bonchev–Trinajstić information content (AvgIpc) is 2.35. The third-order valence-corrected chi connectivity index (χ3v) is 3.11. The molecule has 19 heavy (non-hydrogen) atoms. The molecule has 1 aromatic heterocycles. The van der Waals surface area contributed by atoms with E-state index < -0.39 is 5.97 Å². The van der Waals surface area contributed by atoms with Gasteiger partial charge in [-0.25, -0.2) is 4.98 Å². The summed E-state index contributed by atoms with van der Waals surface area (Å²) in [5.74, 6) is -0.769. The second-order valence-corrected chi connectivity index (χ2v) is 4.84. The maximum Gasteiger partial charge on any atom is 0.323 e. The number of anilines is 1. The van der Waals surface area contributed by atoms with Crippen LogP contribution >= 0.6 is 0 Å². The molecular weight excluding hydrogens is 246 g/mol. The van der Waals surface area contributed by atoms with Crippen molar-refractivity contribution < 1.29 is 9.90 Å². The van der Waals surface area contributed by atoms with Crippen LogP contribution in [-0.4, -0.2) is 33.2 Å². The van der Waals surface area contributed by atoms with E-state index in [-0.39, 0.29) is 30.0 Å². The van der Waals surface area contributed by atoms with E-state index in [9.17, 15) is 9.59 Å². The highest BCUT2D eigenvalue weighted by Gasteiger charge is 2.21. The molecule has 1 N–H and O–H groups in total. The van der Waals surface area contributed by atoms with Gasteiger partial charge >= 0.3 is 5.97 Å². The third kappa shape index (κ3) is 3.56. The van der Waals surface area contributed by atoms with E-state index in [4.69, 9.17) is 5.11 Å². The summed E-state index contributed by atoms with van der Waals surface area (Å²) in [5, 5.41) is 8.98. The predicted molar refractivity (Wildman–Crippen MR) is 73.6 cm³/mol. The minimum Gasteiger partial charge on any atom is -0.480 e. The Hall–Kier alpha value is -1.85. The molecule has 0 saturated heterocycles. The summed E-state index contributed by atoms with van der Waals surface area (Å²) in [6.45, 7) is 7.41. The average molecular weight is 267 g/mol. The molecular formula is C13H21N3O3. The lowest BCUT2D eigenvalue weighted by Gasteiger charge is -2.27. The molecule has 0 radical (unpaired) electrons. The summed E-state index contributed by atoms with van der Waals surface area (Å²) in [4.78, 5) is 28.9. The number of carboxylic acid groups (broad SMARTS) is 1. The van der Waals surface area contributed by atoms with Crippen LogP contribution in [0.2, 0.25) is 0 Å². The Labute approximate surface area is 112 Å². The highest BCUT2D eigenvalue weighted by molar-refractivity contribution is 5.73. The van der Waals surface area contributed by atoms with Crippen LogP contribution in [0.4, 0.5) is 5.82 Å². The molecule has 1 aromatic rings. The zero-order valence-electron chi connectivity index (χ0n) is 11.8. The molecule has 0 bridgehead atoms. The maximum absolute atomic E-state index is 12.3. The normalized spacial score (nSPS) is 12.5. The zero-order valence-corrected chi connectivity index (χ0v) is 11.8. The van der Waals surface area contributed by atoms with Crippen LogP contribution in [-0.2, 0) is 4.79 Å². The molecule has 0 aliphatic heterocycles. The summed E-state index contributed by atoms with van der Waals surface area (Å²) in [7, 11) is 0. The van der Waals surface area contributed by atoms with Gasteiger partial charge in [-0.2, -0.15) is 0 Å². The van der Waals surface area contributed by atoms with Gasteiger partial charge in [0.2, 0.25) is 0 Å². The minimum absolute atomic E-state index is 0.0119. The van der Waals surface area contributed by atoms with Crippen molar-refractivity contribution in [1.29, 1.82) is 0 Å². The number of aromatic nitrogens is 2. The van der Waals surface area contributed by atoms with Crippen molar-refractivity contribution in [2.45, 2.75) is 46.2 Å². The molecule has 0 amide bonds. The Morgan fingerprint density at radius 1 is 1.47 bits per heavy atom. The van der Waals surface area contributed by atoms with Crippen molar-refractivity contribution in [3.05, 3.63) is 22.7 Å². The van der Waals surface area contributed by atoms with Gasteiger partial charge in [0.1, 0.15) is 6.54 Å². The first-order valence-electron chi connectivity index (χ1n) is 6.44. The molecule has 0 fully saturated rings. The number of rotatable bonds is 6. The van der Waals surface area contributed by atoms with E-state index in [1.54, 1.807) is 15.7 Å². The molecule has 1 rings (SSSR count). The second kappa shape index (κ2) is 6.36. The minimum atomic E-state index is -0.971. The van der Waals surface area contributed by atoms with Crippen molar-refractivity contribution in [2.75, 3.05) is 11.4 Å². The lowest BCUT2D eigenvalue weighted by atomic mass is 10.2. The van der Waals surface area contributed by atoms with Crippen LogP contribution in [0.25, 0.3) is 0 Å². The quantitative estimate of drug-likeness (QED) is 0.845. The molecule has 0 aromatic carbocycles.